The maximum atomic E-state index is 10.6. The van der Waals surface area contributed by atoms with E-state index in [-0.39, 0.29) is 5.92 Å². The molecule has 0 aromatic rings. The van der Waals surface area contributed by atoms with Gasteiger partial charge in [0.15, 0.2) is 0 Å². The molecule has 1 unspecified atom stereocenters. The summed E-state index contributed by atoms with van der Waals surface area (Å²) >= 11 is 0. The lowest BCUT2D eigenvalue weighted by Gasteiger charge is -2.02. The molecule has 0 aliphatic rings. The minimum atomic E-state index is -0.690. The molecule has 0 aliphatic carbocycles. The zero-order valence-corrected chi connectivity index (χ0v) is 13.8. The molecule has 0 bridgehead atoms. The van der Waals surface area contributed by atoms with E-state index >= 15 is 0 Å². The molecule has 1 N–H and O–H groups in total. The van der Waals surface area contributed by atoms with E-state index in [1.807, 2.05) is 0 Å². The predicted molar refractivity (Wildman–Crippen MR) is 91.4 cm³/mol. The van der Waals surface area contributed by atoms with Gasteiger partial charge in [0.2, 0.25) is 0 Å². The van der Waals surface area contributed by atoms with Gasteiger partial charge in [-0.3, -0.25) is 4.79 Å². The number of rotatable bonds is 13. The van der Waals surface area contributed by atoms with Crippen LogP contribution in [0.1, 0.15) is 71.6 Å². The molecule has 0 aliphatic heterocycles. The highest BCUT2D eigenvalue weighted by Crippen LogP contribution is 2.08. The van der Waals surface area contributed by atoms with Gasteiger partial charge >= 0.3 is 5.97 Å². The lowest BCUT2D eigenvalue weighted by atomic mass is 10.0. The molecule has 0 amide bonds. The van der Waals surface area contributed by atoms with Crippen molar-refractivity contribution in [1.82, 2.24) is 0 Å². The van der Waals surface area contributed by atoms with E-state index in [1.165, 1.54) is 25.7 Å². The maximum absolute atomic E-state index is 10.6. The van der Waals surface area contributed by atoms with E-state index in [9.17, 15) is 4.79 Å². The highest BCUT2D eigenvalue weighted by molar-refractivity contribution is 5.69. The van der Waals surface area contributed by atoms with E-state index < -0.39 is 5.97 Å². The molecule has 0 heterocycles. The van der Waals surface area contributed by atoms with Crippen molar-refractivity contribution in [2.45, 2.75) is 71.6 Å². The van der Waals surface area contributed by atoms with Gasteiger partial charge in [-0.2, -0.15) is 0 Å². The Labute approximate surface area is 130 Å². The summed E-state index contributed by atoms with van der Waals surface area (Å²) < 4.78 is 0. The van der Waals surface area contributed by atoms with Crippen molar-refractivity contribution in [3.8, 4) is 0 Å². The van der Waals surface area contributed by atoms with Crippen LogP contribution in [0.3, 0.4) is 0 Å². The summed E-state index contributed by atoms with van der Waals surface area (Å²) in [6, 6.07) is 0. The van der Waals surface area contributed by atoms with Crippen LogP contribution in [0, 0.1) is 5.92 Å². The lowest BCUT2D eigenvalue weighted by molar-refractivity contribution is -0.141. The molecule has 0 aromatic carbocycles. The Morgan fingerprint density at radius 2 is 1.43 bits per heavy atom. The highest BCUT2D eigenvalue weighted by atomic mass is 16.4. The van der Waals surface area contributed by atoms with Crippen LogP contribution in [-0.4, -0.2) is 11.1 Å². The first-order chi connectivity index (χ1) is 10.2. The normalized spacial score (nSPS) is 13.6. The molecule has 120 valence electrons. The smallest absolute Gasteiger partial charge is 0.306 e. The van der Waals surface area contributed by atoms with E-state index in [0.29, 0.717) is 0 Å². The van der Waals surface area contributed by atoms with Gasteiger partial charge in [0.25, 0.3) is 0 Å². The molecule has 0 saturated heterocycles. The fraction of sp³-hybridized carbons (Fsp3) is 0.632. The summed E-state index contributed by atoms with van der Waals surface area (Å²) in [6.45, 7) is 4.00. The average Bonchev–Trinajstić information content (AvgIpc) is 2.47. The zero-order valence-electron chi connectivity index (χ0n) is 13.8. The zero-order chi connectivity index (χ0) is 15.8. The van der Waals surface area contributed by atoms with Crippen molar-refractivity contribution in [1.29, 1.82) is 0 Å². The van der Waals surface area contributed by atoms with Gasteiger partial charge in [0.1, 0.15) is 0 Å². The Balaban J connectivity index is 3.42. The van der Waals surface area contributed by atoms with Gasteiger partial charge in [-0.15, -0.1) is 0 Å². The van der Waals surface area contributed by atoms with Crippen molar-refractivity contribution in [2.24, 2.45) is 5.92 Å². The van der Waals surface area contributed by atoms with Crippen LogP contribution in [0.5, 0.6) is 0 Å². The molecule has 0 saturated carbocycles. The Morgan fingerprint density at radius 3 is 1.95 bits per heavy atom. The molecular weight excluding hydrogens is 260 g/mol. The first-order valence-corrected chi connectivity index (χ1v) is 8.36. The van der Waals surface area contributed by atoms with Crippen molar-refractivity contribution < 1.29 is 9.90 Å². The fourth-order valence-electron chi connectivity index (χ4n) is 1.96. The first kappa shape index (κ1) is 19.7. The number of carbonyl (C=O) groups is 1. The monoisotopic (exact) mass is 292 g/mol. The minimum absolute atomic E-state index is 0.220. The van der Waals surface area contributed by atoms with E-state index in [4.69, 9.17) is 5.11 Å². The van der Waals surface area contributed by atoms with Gasteiger partial charge in [0.05, 0.1) is 5.92 Å². The second kappa shape index (κ2) is 15.1. The summed E-state index contributed by atoms with van der Waals surface area (Å²) in [4.78, 5) is 10.6. The van der Waals surface area contributed by atoms with Crippen LogP contribution in [0.4, 0.5) is 0 Å². The Hall–Kier alpha value is -1.31. The van der Waals surface area contributed by atoms with Crippen molar-refractivity contribution in [3.63, 3.8) is 0 Å². The Kier molecular flexibility index (Phi) is 14.1. The molecule has 1 atom stereocenters. The summed E-state index contributed by atoms with van der Waals surface area (Å²) in [5.74, 6) is -0.910. The molecule has 2 nitrogen and oxygen atoms in total. The number of unbranched alkanes of at least 4 members (excludes halogenated alkanes) is 4. The number of carboxylic acid groups (broad SMARTS) is 1. The average molecular weight is 292 g/mol. The molecule has 21 heavy (non-hydrogen) atoms. The standard InChI is InChI=1S/C19H32O2/c1-3-4-5-6-7-8-9-10-11-12-13-14-15-16-17-18(2)19(20)21/h7-8,10-11,13-14,18H,3-6,9,12,15-17H2,1-2H3,(H,20,21)/b8-7-,11-10-,14-13-. The topological polar surface area (TPSA) is 37.3 Å². The third-order valence-electron chi connectivity index (χ3n) is 3.45. The highest BCUT2D eigenvalue weighted by Gasteiger charge is 2.08. The molecule has 0 rings (SSSR count). The van der Waals surface area contributed by atoms with Crippen LogP contribution >= 0.6 is 0 Å². The Bertz CT molecular complexity index is 326. The van der Waals surface area contributed by atoms with Crippen LogP contribution in [0.2, 0.25) is 0 Å². The van der Waals surface area contributed by atoms with Crippen LogP contribution in [0.15, 0.2) is 36.5 Å². The largest absolute Gasteiger partial charge is 0.481 e. The van der Waals surface area contributed by atoms with Crippen LogP contribution in [0.25, 0.3) is 0 Å². The molecule has 0 radical (unpaired) electrons. The van der Waals surface area contributed by atoms with Crippen LogP contribution < -0.4 is 0 Å². The Morgan fingerprint density at radius 1 is 0.905 bits per heavy atom. The number of hydrogen-bond acceptors (Lipinski definition) is 1. The predicted octanol–water partition coefficient (Wildman–Crippen LogP) is 5.91. The van der Waals surface area contributed by atoms with Crippen molar-refractivity contribution in [2.75, 3.05) is 0 Å². The summed E-state index contributed by atoms with van der Waals surface area (Å²) in [6.07, 6.45) is 23.0. The van der Waals surface area contributed by atoms with Crippen LogP contribution in [-0.2, 0) is 4.79 Å². The van der Waals surface area contributed by atoms with Gasteiger partial charge in [-0.1, -0.05) is 63.1 Å². The number of carboxylic acids is 1. The number of aliphatic carboxylic acids is 1. The molecular formula is C19H32O2. The summed E-state index contributed by atoms with van der Waals surface area (Å²) in [5, 5.41) is 8.75. The summed E-state index contributed by atoms with van der Waals surface area (Å²) in [7, 11) is 0. The number of allylic oxidation sites excluding steroid dienone is 6. The van der Waals surface area contributed by atoms with Crippen molar-refractivity contribution >= 4 is 5.97 Å². The van der Waals surface area contributed by atoms with Crippen molar-refractivity contribution in [3.05, 3.63) is 36.5 Å². The lowest BCUT2D eigenvalue weighted by Crippen LogP contribution is -2.08. The fourth-order valence-corrected chi connectivity index (χ4v) is 1.96. The minimum Gasteiger partial charge on any atom is -0.481 e. The molecule has 2 heteroatoms. The third kappa shape index (κ3) is 14.9. The maximum Gasteiger partial charge on any atom is 0.306 e. The molecule has 0 fully saturated rings. The molecule has 0 aromatic heterocycles. The first-order valence-electron chi connectivity index (χ1n) is 8.36. The molecule has 0 spiro atoms. The second-order valence-electron chi connectivity index (χ2n) is 5.55. The third-order valence-corrected chi connectivity index (χ3v) is 3.45. The second-order valence-corrected chi connectivity index (χ2v) is 5.55. The number of hydrogen-bond donors (Lipinski definition) is 1. The van der Waals surface area contributed by atoms with E-state index in [1.54, 1.807) is 6.92 Å². The van der Waals surface area contributed by atoms with Gasteiger partial charge in [0, 0.05) is 0 Å². The van der Waals surface area contributed by atoms with Gasteiger partial charge in [-0.25, -0.2) is 0 Å². The SMILES string of the molecule is CCCCC/C=C\C/C=C\C/C=C\CCCC(C)C(=O)O. The van der Waals surface area contributed by atoms with E-state index in [2.05, 4.69) is 43.4 Å². The van der Waals surface area contributed by atoms with E-state index in [0.717, 1.165) is 32.1 Å². The quantitative estimate of drug-likeness (QED) is 0.338. The van der Waals surface area contributed by atoms with Gasteiger partial charge in [-0.05, 0) is 44.9 Å². The summed E-state index contributed by atoms with van der Waals surface area (Å²) in [5.41, 5.74) is 0. The van der Waals surface area contributed by atoms with Gasteiger partial charge < -0.3 is 5.11 Å².